The van der Waals surface area contributed by atoms with Gasteiger partial charge >= 0.3 is 12.2 Å². The van der Waals surface area contributed by atoms with Crippen molar-refractivity contribution in [1.29, 1.82) is 0 Å². The van der Waals surface area contributed by atoms with Gasteiger partial charge in [-0.05, 0) is 87.4 Å². The molecule has 0 bridgehead atoms. The molecule has 0 saturated heterocycles. The number of halogens is 1. The summed E-state index contributed by atoms with van der Waals surface area (Å²) in [5.41, 5.74) is -0.657. The van der Waals surface area contributed by atoms with E-state index in [0.717, 1.165) is 9.58 Å². The highest BCUT2D eigenvalue weighted by Crippen LogP contribution is 2.46. The number of nitrogens with zero attached hydrogens (tertiary/aromatic N) is 2. The van der Waals surface area contributed by atoms with Gasteiger partial charge in [-0.25, -0.2) is 9.59 Å². The van der Waals surface area contributed by atoms with Gasteiger partial charge in [-0.3, -0.25) is 4.90 Å². The van der Waals surface area contributed by atoms with Crippen LogP contribution >= 0.6 is 50.1 Å². The summed E-state index contributed by atoms with van der Waals surface area (Å²) < 4.78 is 16.9. The number of nitrogens with one attached hydrogen (secondary N) is 1. The fourth-order valence-electron chi connectivity index (χ4n) is 3.03. The standard InChI is InChI=1S/C23H30BrN3O5S3/c1-12(25-20(29)31-22(2,3)4)16(28)17-14(24)15-18(34-17)19(35-26-15)27(11-13-9-8-10-33-13)21(30)32-23(5,6)7/h8-10,12,16,28H,11H2,1-7H3,(H,25,29). The summed E-state index contributed by atoms with van der Waals surface area (Å²) in [6, 6.07) is 3.28. The minimum Gasteiger partial charge on any atom is -0.444 e. The molecule has 2 unspecified atom stereocenters. The fraction of sp³-hybridized carbons (Fsp3) is 0.522. The summed E-state index contributed by atoms with van der Waals surface area (Å²) >= 11 is 7.64. The predicted octanol–water partition coefficient (Wildman–Crippen LogP) is 7.07. The number of alkyl carbamates (subject to hydrolysis) is 1. The number of aliphatic hydroxyl groups is 1. The Bertz CT molecular complexity index is 1180. The maximum atomic E-state index is 13.2. The molecule has 3 rings (SSSR count). The van der Waals surface area contributed by atoms with E-state index in [4.69, 9.17) is 9.47 Å². The Morgan fingerprint density at radius 3 is 2.43 bits per heavy atom. The van der Waals surface area contributed by atoms with Crippen LogP contribution in [0.15, 0.2) is 22.0 Å². The number of fused-ring (bicyclic) bond motifs is 1. The van der Waals surface area contributed by atoms with Crippen molar-refractivity contribution in [3.63, 3.8) is 0 Å². The number of carbonyl (C=O) groups is 2. The average molecular weight is 605 g/mol. The highest BCUT2D eigenvalue weighted by Gasteiger charge is 2.31. The van der Waals surface area contributed by atoms with Crippen molar-refractivity contribution in [1.82, 2.24) is 9.69 Å². The number of rotatable bonds is 6. The molecule has 3 heterocycles. The lowest BCUT2D eigenvalue weighted by molar-refractivity contribution is 0.0437. The maximum Gasteiger partial charge on any atom is 0.415 e. The van der Waals surface area contributed by atoms with Crippen LogP contribution in [-0.4, -0.2) is 38.9 Å². The van der Waals surface area contributed by atoms with Crippen LogP contribution in [0.1, 0.15) is 64.3 Å². The van der Waals surface area contributed by atoms with Gasteiger partial charge in [-0.15, -0.1) is 22.7 Å². The SMILES string of the molecule is CC(NC(=O)OC(C)(C)C)C(O)c1sc2c(N(Cc3cccs3)C(=O)OC(C)(C)C)snc2c1Br. The van der Waals surface area contributed by atoms with Crippen LogP contribution in [-0.2, 0) is 16.0 Å². The molecule has 3 aromatic rings. The van der Waals surface area contributed by atoms with E-state index in [2.05, 4.69) is 25.6 Å². The van der Waals surface area contributed by atoms with Gasteiger partial charge in [0.15, 0.2) is 0 Å². The molecule has 0 aliphatic heterocycles. The van der Waals surface area contributed by atoms with Crippen molar-refractivity contribution in [2.45, 2.75) is 78.4 Å². The van der Waals surface area contributed by atoms with Gasteiger partial charge in [0.1, 0.15) is 27.8 Å². The molecule has 3 aromatic heterocycles. The van der Waals surface area contributed by atoms with Crippen molar-refractivity contribution in [2.24, 2.45) is 0 Å². The van der Waals surface area contributed by atoms with Crippen LogP contribution < -0.4 is 10.2 Å². The number of aliphatic hydroxyl groups excluding tert-OH is 1. The Kier molecular flexibility index (Phi) is 8.53. The summed E-state index contributed by atoms with van der Waals surface area (Å²) in [5, 5.41) is 16.3. The molecule has 0 radical (unpaired) electrons. The molecule has 35 heavy (non-hydrogen) atoms. The van der Waals surface area contributed by atoms with E-state index in [1.54, 1.807) is 43.9 Å². The Balaban J connectivity index is 1.92. The first-order valence-electron chi connectivity index (χ1n) is 10.9. The highest BCUT2D eigenvalue weighted by atomic mass is 79.9. The van der Waals surface area contributed by atoms with Gasteiger partial charge < -0.3 is 19.9 Å². The molecule has 12 heteroatoms. The quantitative estimate of drug-likeness (QED) is 0.312. The first-order chi connectivity index (χ1) is 16.2. The fourth-order valence-corrected chi connectivity index (χ4v) is 6.98. The van der Waals surface area contributed by atoms with E-state index in [1.807, 2.05) is 38.3 Å². The number of carbonyl (C=O) groups excluding carboxylic acids is 2. The Hall–Kier alpha value is -1.73. The summed E-state index contributed by atoms with van der Waals surface area (Å²) in [4.78, 5) is 28.5. The van der Waals surface area contributed by atoms with Crippen molar-refractivity contribution in [2.75, 3.05) is 4.90 Å². The molecular weight excluding hydrogens is 574 g/mol. The van der Waals surface area contributed by atoms with Gasteiger partial charge in [0.05, 0.1) is 26.6 Å². The van der Waals surface area contributed by atoms with Crippen molar-refractivity contribution >= 4 is 77.5 Å². The zero-order valence-electron chi connectivity index (χ0n) is 20.7. The minimum atomic E-state index is -1.01. The molecule has 0 saturated carbocycles. The number of hydrogen-bond donors (Lipinski definition) is 2. The molecule has 8 nitrogen and oxygen atoms in total. The van der Waals surface area contributed by atoms with Crippen LogP contribution in [0.3, 0.4) is 0 Å². The van der Waals surface area contributed by atoms with Gasteiger partial charge in [0.25, 0.3) is 0 Å². The maximum absolute atomic E-state index is 13.2. The van der Waals surface area contributed by atoms with E-state index in [1.165, 1.54) is 22.9 Å². The molecule has 2 amide bonds. The van der Waals surface area contributed by atoms with Gasteiger partial charge in [-0.1, -0.05) is 6.07 Å². The smallest absolute Gasteiger partial charge is 0.415 e. The number of hydrogen-bond acceptors (Lipinski definition) is 9. The van der Waals surface area contributed by atoms with Crippen LogP contribution in [0.25, 0.3) is 10.2 Å². The molecule has 0 fully saturated rings. The Morgan fingerprint density at radius 2 is 1.86 bits per heavy atom. The minimum absolute atomic E-state index is 0.341. The van der Waals surface area contributed by atoms with Crippen LogP contribution in [0.4, 0.5) is 14.6 Å². The van der Waals surface area contributed by atoms with Gasteiger partial charge in [0.2, 0.25) is 0 Å². The number of aromatic nitrogens is 1. The Labute approximate surface area is 225 Å². The second kappa shape index (κ2) is 10.7. The Morgan fingerprint density at radius 1 is 1.20 bits per heavy atom. The molecule has 0 aliphatic carbocycles. The summed E-state index contributed by atoms with van der Waals surface area (Å²) in [5.74, 6) is 0. The van der Waals surface area contributed by atoms with Crippen molar-refractivity contribution < 1.29 is 24.2 Å². The third kappa shape index (κ3) is 7.16. The number of amides is 2. The zero-order chi connectivity index (χ0) is 26.1. The molecule has 2 N–H and O–H groups in total. The molecule has 2 atom stereocenters. The average Bonchev–Trinajstić information content (AvgIpc) is 3.41. The summed E-state index contributed by atoms with van der Waals surface area (Å²) in [6.07, 6.45) is -2.09. The first kappa shape index (κ1) is 27.9. The second-order valence-electron chi connectivity index (χ2n) is 9.97. The second-order valence-corrected chi connectivity index (χ2v) is 13.6. The first-order valence-corrected chi connectivity index (χ1v) is 14.2. The lowest BCUT2D eigenvalue weighted by Gasteiger charge is -2.26. The van der Waals surface area contributed by atoms with E-state index >= 15 is 0 Å². The van der Waals surface area contributed by atoms with Crippen molar-refractivity contribution in [3.8, 4) is 0 Å². The van der Waals surface area contributed by atoms with E-state index in [9.17, 15) is 14.7 Å². The number of ether oxygens (including phenoxy) is 2. The lowest BCUT2D eigenvalue weighted by atomic mass is 10.1. The van der Waals surface area contributed by atoms with Gasteiger partial charge in [-0.2, -0.15) is 4.37 Å². The molecule has 0 aliphatic rings. The van der Waals surface area contributed by atoms with Crippen molar-refractivity contribution in [3.05, 3.63) is 31.7 Å². The third-order valence-electron chi connectivity index (χ3n) is 4.51. The molecule has 0 spiro atoms. The van der Waals surface area contributed by atoms with E-state index in [-0.39, 0.29) is 0 Å². The largest absolute Gasteiger partial charge is 0.444 e. The third-order valence-corrected chi connectivity index (χ3v) is 8.69. The predicted molar refractivity (Wildman–Crippen MR) is 146 cm³/mol. The number of anilines is 1. The number of thiophene rings is 2. The summed E-state index contributed by atoms with van der Waals surface area (Å²) in [6.45, 7) is 12.8. The monoisotopic (exact) mass is 603 g/mol. The van der Waals surface area contributed by atoms with Gasteiger partial charge in [0, 0.05) is 4.88 Å². The van der Waals surface area contributed by atoms with E-state index in [0.29, 0.717) is 26.4 Å². The lowest BCUT2D eigenvalue weighted by Crippen LogP contribution is -2.40. The molecule has 192 valence electrons. The van der Waals surface area contributed by atoms with Crippen LogP contribution in [0, 0.1) is 0 Å². The topological polar surface area (TPSA) is 101 Å². The zero-order valence-corrected chi connectivity index (χ0v) is 24.7. The highest BCUT2D eigenvalue weighted by molar-refractivity contribution is 9.10. The molecule has 0 aromatic carbocycles. The summed E-state index contributed by atoms with van der Waals surface area (Å²) in [7, 11) is 0. The van der Waals surface area contributed by atoms with E-state index < -0.39 is 35.5 Å². The van der Waals surface area contributed by atoms with Crippen LogP contribution in [0.2, 0.25) is 0 Å². The normalized spacial score (nSPS) is 14.0. The molecular formula is C23H30BrN3O5S3. The van der Waals surface area contributed by atoms with Crippen LogP contribution in [0.5, 0.6) is 0 Å².